The summed E-state index contributed by atoms with van der Waals surface area (Å²) in [5.41, 5.74) is 5.52. The van der Waals surface area contributed by atoms with Crippen LogP contribution in [0.5, 0.6) is 5.75 Å². The largest absolute Gasteiger partial charge is 0.497 e. The Balaban J connectivity index is 1.49. The Kier molecular flexibility index (Phi) is 4.74. The SMILES string of the molecule is COc1cccc(CN2CCN(c3cc(C)nc4c(C)c(C)nn34)CC2)c1. The van der Waals surface area contributed by atoms with Gasteiger partial charge >= 0.3 is 0 Å². The minimum Gasteiger partial charge on any atom is -0.497 e. The Morgan fingerprint density at radius 3 is 2.56 bits per heavy atom. The van der Waals surface area contributed by atoms with Crippen LogP contribution in [0, 0.1) is 20.8 Å². The summed E-state index contributed by atoms with van der Waals surface area (Å²) in [5, 5.41) is 4.72. The van der Waals surface area contributed by atoms with E-state index in [4.69, 9.17) is 14.8 Å². The van der Waals surface area contributed by atoms with Gasteiger partial charge in [-0.2, -0.15) is 9.61 Å². The molecule has 1 aliphatic rings. The predicted molar refractivity (Wildman–Crippen MR) is 108 cm³/mol. The van der Waals surface area contributed by atoms with Crippen molar-refractivity contribution in [2.75, 3.05) is 38.2 Å². The highest BCUT2D eigenvalue weighted by molar-refractivity contribution is 5.57. The number of ether oxygens (including phenoxy) is 1. The van der Waals surface area contributed by atoms with Crippen molar-refractivity contribution in [3.05, 3.63) is 52.8 Å². The van der Waals surface area contributed by atoms with Crippen LogP contribution in [0.3, 0.4) is 0 Å². The van der Waals surface area contributed by atoms with Crippen molar-refractivity contribution in [3.63, 3.8) is 0 Å². The van der Waals surface area contributed by atoms with E-state index >= 15 is 0 Å². The number of anilines is 1. The number of piperazine rings is 1. The fourth-order valence-corrected chi connectivity index (χ4v) is 3.72. The maximum atomic E-state index is 5.34. The molecule has 3 aromatic rings. The van der Waals surface area contributed by atoms with Gasteiger partial charge in [-0.1, -0.05) is 12.1 Å². The van der Waals surface area contributed by atoms with E-state index in [0.29, 0.717) is 0 Å². The number of rotatable bonds is 4. The number of aryl methyl sites for hydroxylation is 3. The van der Waals surface area contributed by atoms with Gasteiger partial charge in [0, 0.05) is 50.0 Å². The summed E-state index contributed by atoms with van der Waals surface area (Å²) in [7, 11) is 1.72. The van der Waals surface area contributed by atoms with Gasteiger partial charge < -0.3 is 9.64 Å². The Hall–Kier alpha value is -2.60. The summed E-state index contributed by atoms with van der Waals surface area (Å²) in [4.78, 5) is 9.61. The maximum absolute atomic E-state index is 5.34. The first kappa shape index (κ1) is 17.8. The van der Waals surface area contributed by atoms with Gasteiger partial charge in [0.05, 0.1) is 12.8 Å². The van der Waals surface area contributed by atoms with E-state index < -0.39 is 0 Å². The monoisotopic (exact) mass is 365 g/mol. The molecule has 6 heteroatoms. The van der Waals surface area contributed by atoms with E-state index in [1.807, 2.05) is 10.6 Å². The third-order valence-corrected chi connectivity index (χ3v) is 5.40. The Bertz CT molecular complexity index is 957. The van der Waals surface area contributed by atoms with Gasteiger partial charge in [0.25, 0.3) is 0 Å². The summed E-state index contributed by atoms with van der Waals surface area (Å²) in [5.74, 6) is 2.07. The lowest BCUT2D eigenvalue weighted by Crippen LogP contribution is -2.46. The molecule has 4 rings (SSSR count). The van der Waals surface area contributed by atoms with Crippen molar-refractivity contribution in [1.29, 1.82) is 0 Å². The molecule has 0 spiro atoms. The lowest BCUT2D eigenvalue weighted by atomic mass is 10.2. The first-order valence-electron chi connectivity index (χ1n) is 9.49. The molecule has 0 amide bonds. The van der Waals surface area contributed by atoms with Crippen LogP contribution in [0.2, 0.25) is 0 Å². The second kappa shape index (κ2) is 7.19. The predicted octanol–water partition coefficient (Wildman–Crippen LogP) is 2.99. The molecular formula is C21H27N5O. The number of benzene rings is 1. The van der Waals surface area contributed by atoms with Crippen LogP contribution in [-0.4, -0.2) is 52.8 Å². The van der Waals surface area contributed by atoms with Crippen molar-refractivity contribution < 1.29 is 4.74 Å². The summed E-state index contributed by atoms with van der Waals surface area (Å²) >= 11 is 0. The van der Waals surface area contributed by atoms with Gasteiger partial charge in [0.15, 0.2) is 5.65 Å². The fourth-order valence-electron chi connectivity index (χ4n) is 3.72. The molecule has 0 atom stereocenters. The number of nitrogens with zero attached hydrogens (tertiary/aromatic N) is 5. The molecule has 1 aliphatic heterocycles. The summed E-state index contributed by atoms with van der Waals surface area (Å²) in [6.45, 7) is 11.2. The van der Waals surface area contributed by atoms with Crippen LogP contribution in [0.4, 0.5) is 5.82 Å². The van der Waals surface area contributed by atoms with Crippen LogP contribution >= 0.6 is 0 Å². The molecule has 1 fully saturated rings. The molecule has 2 aromatic heterocycles. The average molecular weight is 365 g/mol. The molecule has 0 bridgehead atoms. The minimum atomic E-state index is 0.921. The van der Waals surface area contributed by atoms with E-state index in [0.717, 1.165) is 66.9 Å². The summed E-state index contributed by atoms with van der Waals surface area (Å²) < 4.78 is 7.35. The van der Waals surface area contributed by atoms with Gasteiger partial charge in [0.2, 0.25) is 0 Å². The molecule has 6 nitrogen and oxygen atoms in total. The first-order chi connectivity index (χ1) is 13.0. The van der Waals surface area contributed by atoms with E-state index in [2.05, 4.69) is 54.8 Å². The average Bonchev–Trinajstić information content (AvgIpc) is 2.96. The summed E-state index contributed by atoms with van der Waals surface area (Å²) in [6.07, 6.45) is 0. The molecule has 0 aliphatic carbocycles. The smallest absolute Gasteiger partial charge is 0.160 e. The summed E-state index contributed by atoms with van der Waals surface area (Å²) in [6, 6.07) is 10.5. The van der Waals surface area contributed by atoms with Gasteiger partial charge in [0.1, 0.15) is 11.6 Å². The molecule has 27 heavy (non-hydrogen) atoms. The molecular weight excluding hydrogens is 338 g/mol. The number of hydrogen-bond donors (Lipinski definition) is 0. The second-order valence-electron chi connectivity index (χ2n) is 7.32. The molecule has 142 valence electrons. The van der Waals surface area contributed by atoms with Crippen molar-refractivity contribution in [3.8, 4) is 5.75 Å². The van der Waals surface area contributed by atoms with Crippen molar-refractivity contribution >= 4 is 11.5 Å². The van der Waals surface area contributed by atoms with Crippen LogP contribution in [-0.2, 0) is 6.54 Å². The molecule has 0 radical (unpaired) electrons. The van der Waals surface area contributed by atoms with E-state index in [1.165, 1.54) is 5.56 Å². The van der Waals surface area contributed by atoms with E-state index in [1.54, 1.807) is 7.11 Å². The highest BCUT2D eigenvalue weighted by Crippen LogP contribution is 2.23. The zero-order valence-electron chi connectivity index (χ0n) is 16.6. The van der Waals surface area contributed by atoms with Crippen molar-refractivity contribution in [2.24, 2.45) is 0 Å². The number of hydrogen-bond acceptors (Lipinski definition) is 5. The van der Waals surface area contributed by atoms with Crippen LogP contribution < -0.4 is 9.64 Å². The van der Waals surface area contributed by atoms with Crippen LogP contribution in [0.15, 0.2) is 30.3 Å². The van der Waals surface area contributed by atoms with E-state index in [-0.39, 0.29) is 0 Å². The molecule has 3 heterocycles. The van der Waals surface area contributed by atoms with Crippen LogP contribution in [0.1, 0.15) is 22.5 Å². The van der Waals surface area contributed by atoms with Gasteiger partial charge in [-0.15, -0.1) is 0 Å². The highest BCUT2D eigenvalue weighted by Gasteiger charge is 2.21. The fraction of sp³-hybridized carbons (Fsp3) is 0.429. The number of aromatic nitrogens is 3. The lowest BCUT2D eigenvalue weighted by molar-refractivity contribution is 0.248. The number of fused-ring (bicyclic) bond motifs is 1. The van der Waals surface area contributed by atoms with Crippen LogP contribution in [0.25, 0.3) is 5.65 Å². The first-order valence-corrected chi connectivity index (χ1v) is 9.49. The molecule has 0 unspecified atom stereocenters. The van der Waals surface area contributed by atoms with E-state index in [9.17, 15) is 0 Å². The zero-order valence-corrected chi connectivity index (χ0v) is 16.6. The molecule has 0 N–H and O–H groups in total. The number of methoxy groups -OCH3 is 1. The Morgan fingerprint density at radius 2 is 1.81 bits per heavy atom. The minimum absolute atomic E-state index is 0.921. The zero-order chi connectivity index (χ0) is 19.0. The van der Waals surface area contributed by atoms with Gasteiger partial charge in [-0.3, -0.25) is 4.90 Å². The van der Waals surface area contributed by atoms with Gasteiger partial charge in [-0.25, -0.2) is 4.98 Å². The molecule has 0 saturated carbocycles. The molecule has 1 aromatic carbocycles. The standard InChI is InChI=1S/C21H27N5O/c1-15-12-20(26-21(22-15)16(2)17(3)23-26)25-10-8-24(9-11-25)14-18-6-5-7-19(13-18)27-4/h5-7,12-13H,8-11,14H2,1-4H3. The normalized spacial score (nSPS) is 15.5. The third kappa shape index (κ3) is 3.49. The quantitative estimate of drug-likeness (QED) is 0.711. The van der Waals surface area contributed by atoms with Crippen molar-refractivity contribution in [2.45, 2.75) is 27.3 Å². The van der Waals surface area contributed by atoms with Gasteiger partial charge in [-0.05, 0) is 38.5 Å². The second-order valence-corrected chi connectivity index (χ2v) is 7.32. The topological polar surface area (TPSA) is 45.9 Å². The third-order valence-electron chi connectivity index (χ3n) is 5.40. The Morgan fingerprint density at radius 1 is 1.04 bits per heavy atom. The lowest BCUT2D eigenvalue weighted by Gasteiger charge is -2.36. The van der Waals surface area contributed by atoms with Crippen molar-refractivity contribution in [1.82, 2.24) is 19.5 Å². The maximum Gasteiger partial charge on any atom is 0.160 e. The molecule has 1 saturated heterocycles. The highest BCUT2D eigenvalue weighted by atomic mass is 16.5. The Labute approximate surface area is 160 Å².